The molecule has 4 heteroatoms. The number of para-hydroxylation sites is 1. The molecule has 1 fully saturated rings. The highest BCUT2D eigenvalue weighted by atomic mass is 16.3. The summed E-state index contributed by atoms with van der Waals surface area (Å²) in [7, 11) is 0. The van der Waals surface area contributed by atoms with Crippen molar-refractivity contribution in [1.29, 1.82) is 0 Å². The molecule has 0 unspecified atom stereocenters. The Hall–Kier alpha value is -2.20. The minimum atomic E-state index is -0.192. The molecule has 0 bridgehead atoms. The summed E-state index contributed by atoms with van der Waals surface area (Å²) in [6, 6.07) is 10.1. The van der Waals surface area contributed by atoms with E-state index in [0.717, 1.165) is 40.8 Å². The standard InChI is InChI=1S/C16H15N3O/c20-10-16(6-7-16)15-17-8-5-14(19-15)12-9-18-13-4-2-1-3-11(12)13/h1-5,8-9,18,20H,6-7,10H2. The highest BCUT2D eigenvalue weighted by Gasteiger charge is 2.46. The van der Waals surface area contributed by atoms with Crippen LogP contribution in [-0.2, 0) is 5.41 Å². The van der Waals surface area contributed by atoms with Crippen LogP contribution in [0.25, 0.3) is 22.2 Å². The van der Waals surface area contributed by atoms with E-state index >= 15 is 0 Å². The molecule has 100 valence electrons. The number of nitrogens with zero attached hydrogens (tertiary/aromatic N) is 2. The predicted octanol–water partition coefficient (Wildman–Crippen LogP) is 2.65. The molecule has 1 aliphatic carbocycles. The molecule has 1 aromatic carbocycles. The van der Waals surface area contributed by atoms with E-state index in [1.165, 1.54) is 0 Å². The van der Waals surface area contributed by atoms with Gasteiger partial charge in [0.2, 0.25) is 0 Å². The molecule has 2 N–H and O–H groups in total. The molecule has 20 heavy (non-hydrogen) atoms. The molecule has 3 aromatic rings. The number of nitrogens with one attached hydrogen (secondary N) is 1. The zero-order chi connectivity index (χ0) is 13.6. The SMILES string of the molecule is OCC1(c2nccc(-c3c[nH]c4ccccc34)n2)CC1. The number of rotatable bonds is 3. The van der Waals surface area contributed by atoms with Gasteiger partial charge in [-0.1, -0.05) is 18.2 Å². The van der Waals surface area contributed by atoms with Gasteiger partial charge in [0.05, 0.1) is 17.7 Å². The summed E-state index contributed by atoms with van der Waals surface area (Å²) in [6.45, 7) is 0.129. The average molecular weight is 265 g/mol. The topological polar surface area (TPSA) is 61.8 Å². The molecule has 0 atom stereocenters. The quantitative estimate of drug-likeness (QED) is 0.765. The van der Waals surface area contributed by atoms with Gasteiger partial charge in [0.1, 0.15) is 5.82 Å². The Morgan fingerprint density at radius 1 is 1.20 bits per heavy atom. The summed E-state index contributed by atoms with van der Waals surface area (Å²) in [4.78, 5) is 12.3. The van der Waals surface area contributed by atoms with Crippen LogP contribution in [-0.4, -0.2) is 26.7 Å². The van der Waals surface area contributed by atoms with Gasteiger partial charge in [-0.05, 0) is 25.0 Å². The number of benzene rings is 1. The van der Waals surface area contributed by atoms with Gasteiger partial charge in [0.25, 0.3) is 0 Å². The third kappa shape index (κ3) is 1.65. The van der Waals surface area contributed by atoms with Crippen LogP contribution in [0.1, 0.15) is 18.7 Å². The van der Waals surface area contributed by atoms with Crippen LogP contribution >= 0.6 is 0 Å². The van der Waals surface area contributed by atoms with Gasteiger partial charge in [0, 0.05) is 28.9 Å². The molecule has 1 aliphatic rings. The van der Waals surface area contributed by atoms with Crippen LogP contribution in [0.5, 0.6) is 0 Å². The van der Waals surface area contributed by atoms with E-state index in [0.29, 0.717) is 0 Å². The second kappa shape index (κ2) is 4.15. The average Bonchev–Trinajstić information content (AvgIpc) is 3.20. The molecule has 0 saturated heterocycles. The maximum Gasteiger partial charge on any atom is 0.137 e. The minimum absolute atomic E-state index is 0.129. The molecule has 2 aromatic heterocycles. The van der Waals surface area contributed by atoms with Crippen molar-refractivity contribution in [3.05, 3.63) is 48.5 Å². The molecule has 4 nitrogen and oxygen atoms in total. The molecule has 0 radical (unpaired) electrons. The van der Waals surface area contributed by atoms with Crippen LogP contribution in [0.4, 0.5) is 0 Å². The largest absolute Gasteiger partial charge is 0.395 e. The summed E-state index contributed by atoms with van der Waals surface area (Å²) < 4.78 is 0. The summed E-state index contributed by atoms with van der Waals surface area (Å²) in [6.07, 6.45) is 5.71. The zero-order valence-corrected chi connectivity index (χ0v) is 11.0. The van der Waals surface area contributed by atoms with Gasteiger partial charge >= 0.3 is 0 Å². The van der Waals surface area contributed by atoms with Crippen molar-refractivity contribution in [2.45, 2.75) is 18.3 Å². The fourth-order valence-corrected chi connectivity index (χ4v) is 2.65. The Morgan fingerprint density at radius 3 is 2.85 bits per heavy atom. The summed E-state index contributed by atoms with van der Waals surface area (Å²) in [5.74, 6) is 0.766. The van der Waals surface area contributed by atoms with Crippen molar-refractivity contribution in [2.75, 3.05) is 6.61 Å². The lowest BCUT2D eigenvalue weighted by Gasteiger charge is -2.10. The Labute approximate surface area is 116 Å². The number of H-pyrrole nitrogens is 1. The Balaban J connectivity index is 1.85. The Bertz CT molecular complexity index is 774. The third-order valence-electron chi connectivity index (χ3n) is 4.15. The Morgan fingerprint density at radius 2 is 2.05 bits per heavy atom. The Kier molecular flexibility index (Phi) is 2.41. The summed E-state index contributed by atoms with van der Waals surface area (Å²) in [5, 5.41) is 10.7. The van der Waals surface area contributed by atoms with Crippen molar-refractivity contribution in [3.63, 3.8) is 0 Å². The zero-order valence-electron chi connectivity index (χ0n) is 11.0. The first-order valence-corrected chi connectivity index (χ1v) is 6.83. The first-order chi connectivity index (χ1) is 9.82. The van der Waals surface area contributed by atoms with E-state index in [9.17, 15) is 5.11 Å². The number of hydrogen-bond donors (Lipinski definition) is 2. The third-order valence-corrected chi connectivity index (χ3v) is 4.15. The van der Waals surface area contributed by atoms with E-state index in [2.05, 4.69) is 27.1 Å². The number of aliphatic hydroxyl groups excluding tert-OH is 1. The molecule has 4 rings (SSSR count). The number of aromatic amines is 1. The van der Waals surface area contributed by atoms with Crippen LogP contribution in [0.2, 0.25) is 0 Å². The van der Waals surface area contributed by atoms with Crippen LogP contribution < -0.4 is 0 Å². The van der Waals surface area contributed by atoms with E-state index < -0.39 is 0 Å². The van der Waals surface area contributed by atoms with Crippen molar-refractivity contribution in [3.8, 4) is 11.3 Å². The van der Waals surface area contributed by atoms with Crippen LogP contribution in [0.3, 0.4) is 0 Å². The predicted molar refractivity (Wildman–Crippen MR) is 77.3 cm³/mol. The normalized spacial score (nSPS) is 16.4. The molecule has 0 aliphatic heterocycles. The monoisotopic (exact) mass is 265 g/mol. The molecule has 0 spiro atoms. The molecule has 1 saturated carbocycles. The smallest absolute Gasteiger partial charge is 0.137 e. The highest BCUT2D eigenvalue weighted by molar-refractivity contribution is 5.94. The molecule has 2 heterocycles. The van der Waals surface area contributed by atoms with Gasteiger partial charge < -0.3 is 10.1 Å². The summed E-state index contributed by atoms with van der Waals surface area (Å²) in [5.41, 5.74) is 2.90. The van der Waals surface area contributed by atoms with E-state index in [1.54, 1.807) is 6.20 Å². The molecular formula is C16H15N3O. The van der Waals surface area contributed by atoms with E-state index in [4.69, 9.17) is 0 Å². The van der Waals surface area contributed by atoms with Crippen LogP contribution in [0, 0.1) is 0 Å². The van der Waals surface area contributed by atoms with Gasteiger partial charge in [-0.25, -0.2) is 9.97 Å². The number of hydrogen-bond acceptors (Lipinski definition) is 3. The molecule has 0 amide bonds. The maximum atomic E-state index is 9.52. The van der Waals surface area contributed by atoms with E-state index in [1.807, 2.05) is 24.4 Å². The van der Waals surface area contributed by atoms with Crippen molar-refractivity contribution in [1.82, 2.24) is 15.0 Å². The first-order valence-electron chi connectivity index (χ1n) is 6.83. The van der Waals surface area contributed by atoms with Crippen molar-refractivity contribution in [2.24, 2.45) is 0 Å². The minimum Gasteiger partial charge on any atom is -0.395 e. The first kappa shape index (κ1) is 11.6. The second-order valence-corrected chi connectivity index (χ2v) is 5.45. The van der Waals surface area contributed by atoms with E-state index in [-0.39, 0.29) is 12.0 Å². The van der Waals surface area contributed by atoms with Crippen molar-refractivity contribution < 1.29 is 5.11 Å². The van der Waals surface area contributed by atoms with Crippen LogP contribution in [0.15, 0.2) is 42.7 Å². The lowest BCUT2D eigenvalue weighted by molar-refractivity contribution is 0.250. The lowest BCUT2D eigenvalue weighted by atomic mass is 10.1. The lowest BCUT2D eigenvalue weighted by Crippen LogP contribution is -2.16. The second-order valence-electron chi connectivity index (χ2n) is 5.45. The fraction of sp³-hybridized carbons (Fsp3) is 0.250. The number of aliphatic hydroxyl groups is 1. The van der Waals surface area contributed by atoms with Gasteiger partial charge in [0.15, 0.2) is 0 Å². The number of fused-ring (bicyclic) bond motifs is 1. The highest BCUT2D eigenvalue weighted by Crippen LogP contribution is 2.46. The number of aromatic nitrogens is 3. The maximum absolute atomic E-state index is 9.52. The summed E-state index contributed by atoms with van der Waals surface area (Å²) >= 11 is 0. The molecular weight excluding hydrogens is 250 g/mol. The fourth-order valence-electron chi connectivity index (χ4n) is 2.65. The van der Waals surface area contributed by atoms with Gasteiger partial charge in [-0.15, -0.1) is 0 Å². The van der Waals surface area contributed by atoms with Gasteiger partial charge in [-0.2, -0.15) is 0 Å². The van der Waals surface area contributed by atoms with Crippen molar-refractivity contribution >= 4 is 10.9 Å². The van der Waals surface area contributed by atoms with Gasteiger partial charge in [-0.3, -0.25) is 0 Å².